The summed E-state index contributed by atoms with van der Waals surface area (Å²) >= 11 is 0. The molecule has 1 aliphatic rings. The first-order valence-corrected chi connectivity index (χ1v) is 6.67. The van der Waals surface area contributed by atoms with Crippen LogP contribution in [-0.2, 0) is 0 Å². The third kappa shape index (κ3) is 1.69. The molecule has 0 bridgehead atoms. The molecule has 0 heteroatoms. The van der Waals surface area contributed by atoms with Crippen LogP contribution in [0.2, 0.25) is 0 Å². The Morgan fingerprint density at radius 2 is 1.72 bits per heavy atom. The third-order valence-corrected chi connectivity index (χ3v) is 3.93. The van der Waals surface area contributed by atoms with E-state index in [-0.39, 0.29) is 0 Å². The molecule has 18 heavy (non-hydrogen) atoms. The maximum absolute atomic E-state index is 2.37. The number of rotatable bonds is 2. The van der Waals surface area contributed by atoms with Gasteiger partial charge in [-0.3, -0.25) is 0 Å². The van der Waals surface area contributed by atoms with Crippen LogP contribution >= 0.6 is 0 Å². The summed E-state index contributed by atoms with van der Waals surface area (Å²) in [7, 11) is 0. The monoisotopic (exact) mass is 234 g/mol. The molecule has 0 aliphatic heterocycles. The van der Waals surface area contributed by atoms with Crippen LogP contribution in [-0.4, -0.2) is 0 Å². The Kier molecular flexibility index (Phi) is 2.79. The molecule has 0 saturated carbocycles. The number of hydrogen-bond donors (Lipinski definition) is 0. The third-order valence-electron chi connectivity index (χ3n) is 3.93. The van der Waals surface area contributed by atoms with Gasteiger partial charge in [0.05, 0.1) is 0 Å². The average molecular weight is 234 g/mol. The maximum atomic E-state index is 2.37. The van der Waals surface area contributed by atoms with Crippen LogP contribution in [0.4, 0.5) is 0 Å². The van der Waals surface area contributed by atoms with E-state index in [1.165, 1.54) is 34.2 Å². The van der Waals surface area contributed by atoms with Gasteiger partial charge in [-0.15, -0.1) is 0 Å². The van der Waals surface area contributed by atoms with Crippen LogP contribution in [0.1, 0.15) is 37.3 Å². The summed E-state index contributed by atoms with van der Waals surface area (Å²) in [5.41, 5.74) is 7.10. The normalized spacial score (nSPS) is 17.4. The lowest BCUT2D eigenvalue weighted by Crippen LogP contribution is -1.95. The van der Waals surface area contributed by atoms with Gasteiger partial charge in [0.1, 0.15) is 0 Å². The topological polar surface area (TPSA) is 0 Å². The Bertz CT molecular complexity index is 591. The molecule has 90 valence electrons. The average Bonchev–Trinajstić information content (AvgIpc) is 2.74. The standard InChI is InChI=1S/C18H18/c1-3-15-13(2)12-18-16(10-7-11-17(15)18)14-8-5-4-6-9-14/h4-12,15H,3H2,1-2H3. The molecule has 1 atom stereocenters. The second-order valence-electron chi connectivity index (χ2n) is 5.02. The van der Waals surface area contributed by atoms with Crippen molar-refractivity contribution in [1.29, 1.82) is 0 Å². The zero-order chi connectivity index (χ0) is 12.5. The zero-order valence-corrected chi connectivity index (χ0v) is 11.0. The SMILES string of the molecule is CCC1C(C)=Cc2c(-c3ccccc3)cccc21. The molecule has 2 aromatic carbocycles. The smallest absolute Gasteiger partial charge is 0.00522 e. The Hall–Kier alpha value is -1.82. The molecule has 0 radical (unpaired) electrons. The molecule has 1 unspecified atom stereocenters. The van der Waals surface area contributed by atoms with Gasteiger partial charge < -0.3 is 0 Å². The number of hydrogen-bond acceptors (Lipinski definition) is 0. The van der Waals surface area contributed by atoms with Crippen molar-refractivity contribution in [2.45, 2.75) is 26.2 Å². The fourth-order valence-corrected chi connectivity index (χ4v) is 3.03. The quantitative estimate of drug-likeness (QED) is 0.664. The van der Waals surface area contributed by atoms with E-state index in [9.17, 15) is 0 Å². The molecule has 0 N–H and O–H groups in total. The maximum Gasteiger partial charge on any atom is 0.00522 e. The molecule has 0 aromatic heterocycles. The summed E-state index contributed by atoms with van der Waals surface area (Å²) in [5, 5.41) is 0. The van der Waals surface area contributed by atoms with E-state index >= 15 is 0 Å². The largest absolute Gasteiger partial charge is 0.0652 e. The number of allylic oxidation sites excluding steroid dienone is 1. The van der Waals surface area contributed by atoms with Crippen LogP contribution in [0.3, 0.4) is 0 Å². The summed E-state index contributed by atoms with van der Waals surface area (Å²) < 4.78 is 0. The van der Waals surface area contributed by atoms with Gasteiger partial charge in [-0.1, -0.05) is 67.1 Å². The molecule has 0 nitrogen and oxygen atoms in total. The summed E-state index contributed by atoms with van der Waals surface area (Å²) in [6, 6.07) is 17.4. The van der Waals surface area contributed by atoms with Crippen molar-refractivity contribution >= 4 is 6.08 Å². The first-order chi connectivity index (χ1) is 8.81. The van der Waals surface area contributed by atoms with Gasteiger partial charge in [-0.05, 0) is 35.6 Å². The van der Waals surface area contributed by atoms with Gasteiger partial charge in [0.25, 0.3) is 0 Å². The lowest BCUT2D eigenvalue weighted by Gasteiger charge is -2.13. The molecule has 3 rings (SSSR count). The summed E-state index contributed by atoms with van der Waals surface area (Å²) in [6.45, 7) is 4.52. The fourth-order valence-electron chi connectivity index (χ4n) is 3.03. The molecule has 0 saturated heterocycles. The second kappa shape index (κ2) is 4.45. The first kappa shape index (κ1) is 11.3. The van der Waals surface area contributed by atoms with Crippen molar-refractivity contribution in [3.63, 3.8) is 0 Å². The van der Waals surface area contributed by atoms with Crippen LogP contribution in [0.25, 0.3) is 17.2 Å². The second-order valence-corrected chi connectivity index (χ2v) is 5.02. The van der Waals surface area contributed by atoms with E-state index in [1.807, 2.05) is 0 Å². The zero-order valence-electron chi connectivity index (χ0n) is 11.0. The van der Waals surface area contributed by atoms with Gasteiger partial charge in [0, 0.05) is 5.92 Å². The highest BCUT2D eigenvalue weighted by Crippen LogP contribution is 2.42. The van der Waals surface area contributed by atoms with Gasteiger partial charge in [0.2, 0.25) is 0 Å². The van der Waals surface area contributed by atoms with Crippen LogP contribution in [0.15, 0.2) is 54.1 Å². The van der Waals surface area contributed by atoms with Crippen LogP contribution < -0.4 is 0 Å². The molecule has 0 spiro atoms. The predicted octanol–water partition coefficient (Wildman–Crippen LogP) is 5.26. The molecule has 0 amide bonds. The lowest BCUT2D eigenvalue weighted by molar-refractivity contribution is 0.776. The minimum absolute atomic E-state index is 0.615. The van der Waals surface area contributed by atoms with Gasteiger partial charge in [0.15, 0.2) is 0 Å². The van der Waals surface area contributed by atoms with Crippen molar-refractivity contribution < 1.29 is 0 Å². The van der Waals surface area contributed by atoms with E-state index in [1.54, 1.807) is 0 Å². The molecule has 1 aliphatic carbocycles. The Morgan fingerprint density at radius 1 is 0.944 bits per heavy atom. The molecule has 0 fully saturated rings. The van der Waals surface area contributed by atoms with Crippen LogP contribution in [0.5, 0.6) is 0 Å². The van der Waals surface area contributed by atoms with E-state index in [0.29, 0.717) is 5.92 Å². The number of benzene rings is 2. The predicted molar refractivity (Wildman–Crippen MR) is 78.6 cm³/mol. The van der Waals surface area contributed by atoms with Crippen molar-refractivity contribution in [3.05, 3.63) is 65.2 Å². The van der Waals surface area contributed by atoms with Gasteiger partial charge >= 0.3 is 0 Å². The van der Waals surface area contributed by atoms with Crippen molar-refractivity contribution in [1.82, 2.24) is 0 Å². The summed E-state index contributed by atoms with van der Waals surface area (Å²) in [4.78, 5) is 0. The van der Waals surface area contributed by atoms with E-state index in [4.69, 9.17) is 0 Å². The van der Waals surface area contributed by atoms with E-state index in [2.05, 4.69) is 68.5 Å². The highest BCUT2D eigenvalue weighted by Gasteiger charge is 2.22. The van der Waals surface area contributed by atoms with Crippen molar-refractivity contribution in [2.75, 3.05) is 0 Å². The molecule has 0 heterocycles. The Balaban J connectivity index is 2.18. The highest BCUT2D eigenvalue weighted by atomic mass is 14.3. The summed E-state index contributed by atoms with van der Waals surface area (Å²) in [6.07, 6.45) is 3.55. The molecular formula is C18H18. The Morgan fingerprint density at radius 3 is 2.44 bits per heavy atom. The molecule has 2 aromatic rings. The Labute approximate surface area is 109 Å². The van der Waals surface area contributed by atoms with Gasteiger partial charge in [-0.2, -0.15) is 0 Å². The van der Waals surface area contributed by atoms with Gasteiger partial charge in [-0.25, -0.2) is 0 Å². The van der Waals surface area contributed by atoms with Crippen LogP contribution in [0, 0.1) is 0 Å². The fraction of sp³-hybridized carbons (Fsp3) is 0.222. The minimum atomic E-state index is 0.615. The first-order valence-electron chi connectivity index (χ1n) is 6.67. The highest BCUT2D eigenvalue weighted by molar-refractivity contribution is 5.81. The van der Waals surface area contributed by atoms with Crippen molar-refractivity contribution in [2.24, 2.45) is 0 Å². The minimum Gasteiger partial charge on any atom is -0.0652 e. The molecular weight excluding hydrogens is 216 g/mol. The lowest BCUT2D eigenvalue weighted by atomic mass is 9.91. The van der Waals surface area contributed by atoms with E-state index in [0.717, 1.165) is 0 Å². The number of fused-ring (bicyclic) bond motifs is 1. The summed E-state index contributed by atoms with van der Waals surface area (Å²) in [5.74, 6) is 0.615. The van der Waals surface area contributed by atoms with E-state index < -0.39 is 0 Å². The van der Waals surface area contributed by atoms with Crippen molar-refractivity contribution in [3.8, 4) is 11.1 Å².